The summed E-state index contributed by atoms with van der Waals surface area (Å²) in [5.74, 6) is 0.291. The molecule has 0 atom stereocenters. The number of amides is 2. The number of aromatic nitrogens is 1. The van der Waals surface area contributed by atoms with Crippen molar-refractivity contribution in [3.05, 3.63) is 30.2 Å². The number of nitrogens with zero attached hydrogens (tertiary/aromatic N) is 3. The van der Waals surface area contributed by atoms with Crippen molar-refractivity contribution in [3.8, 4) is 0 Å². The maximum atomic E-state index is 12.6. The molecule has 6 heteroatoms. The predicted octanol–water partition coefficient (Wildman–Crippen LogP) is 2.55. The highest BCUT2D eigenvalue weighted by Crippen LogP contribution is 2.18. The van der Waals surface area contributed by atoms with E-state index >= 15 is 0 Å². The van der Waals surface area contributed by atoms with E-state index in [1.807, 2.05) is 18.7 Å². The van der Waals surface area contributed by atoms with Crippen LogP contribution in [0.3, 0.4) is 0 Å². The van der Waals surface area contributed by atoms with Crippen LogP contribution in [0.15, 0.2) is 29.0 Å². The predicted molar refractivity (Wildman–Crippen MR) is 90.6 cm³/mol. The average Bonchev–Trinajstić information content (AvgIpc) is 3.10. The second-order valence-corrected chi connectivity index (χ2v) is 6.17. The van der Waals surface area contributed by atoms with Gasteiger partial charge in [-0.3, -0.25) is 9.59 Å². The molecule has 1 aliphatic rings. The molecule has 0 spiro atoms. The smallest absolute Gasteiger partial charge is 0.254 e. The number of piperazine rings is 1. The van der Waals surface area contributed by atoms with Crippen LogP contribution in [0.4, 0.5) is 0 Å². The second kappa shape index (κ2) is 7.03. The van der Waals surface area contributed by atoms with Crippen LogP contribution in [0.2, 0.25) is 0 Å². The third kappa shape index (κ3) is 3.13. The molecule has 2 aromatic rings. The molecule has 0 aliphatic carbocycles. The van der Waals surface area contributed by atoms with E-state index in [1.54, 1.807) is 23.1 Å². The van der Waals surface area contributed by atoms with Crippen molar-refractivity contribution in [2.24, 2.45) is 5.92 Å². The van der Waals surface area contributed by atoms with Gasteiger partial charge < -0.3 is 14.2 Å². The lowest BCUT2D eigenvalue weighted by molar-refractivity contribution is -0.137. The Bertz CT molecular complexity index is 728. The number of hydrogen-bond acceptors (Lipinski definition) is 4. The molecule has 128 valence electrons. The molecular formula is C18H23N3O3. The van der Waals surface area contributed by atoms with E-state index in [2.05, 4.69) is 4.98 Å². The standard InChI is InChI=1S/C18H23N3O3/c1-3-13(4-2)17(22)20-7-9-21(10-8-20)18(23)14-5-6-15-16(11-14)24-12-19-15/h5-6,11-13H,3-4,7-10H2,1-2H3. The van der Waals surface area contributed by atoms with Crippen molar-refractivity contribution in [3.63, 3.8) is 0 Å². The molecule has 1 fully saturated rings. The van der Waals surface area contributed by atoms with Gasteiger partial charge >= 0.3 is 0 Å². The topological polar surface area (TPSA) is 66.7 Å². The van der Waals surface area contributed by atoms with Crippen LogP contribution in [0, 0.1) is 5.92 Å². The molecule has 1 aromatic heterocycles. The van der Waals surface area contributed by atoms with E-state index in [0.717, 1.165) is 18.4 Å². The van der Waals surface area contributed by atoms with E-state index in [-0.39, 0.29) is 17.7 Å². The molecule has 1 aliphatic heterocycles. The van der Waals surface area contributed by atoms with Gasteiger partial charge in [0.05, 0.1) is 0 Å². The fraction of sp³-hybridized carbons (Fsp3) is 0.500. The van der Waals surface area contributed by atoms with Crippen molar-refractivity contribution in [2.45, 2.75) is 26.7 Å². The van der Waals surface area contributed by atoms with Crippen molar-refractivity contribution in [1.82, 2.24) is 14.8 Å². The maximum absolute atomic E-state index is 12.6. The zero-order valence-corrected chi connectivity index (χ0v) is 14.2. The summed E-state index contributed by atoms with van der Waals surface area (Å²) in [7, 11) is 0. The third-order valence-electron chi connectivity index (χ3n) is 4.79. The van der Waals surface area contributed by atoms with Gasteiger partial charge in [0.25, 0.3) is 5.91 Å². The fourth-order valence-corrected chi connectivity index (χ4v) is 3.20. The van der Waals surface area contributed by atoms with Crippen molar-refractivity contribution in [1.29, 1.82) is 0 Å². The van der Waals surface area contributed by atoms with Gasteiger partial charge in [0.15, 0.2) is 12.0 Å². The van der Waals surface area contributed by atoms with Crippen molar-refractivity contribution in [2.75, 3.05) is 26.2 Å². The first kappa shape index (κ1) is 16.5. The van der Waals surface area contributed by atoms with E-state index < -0.39 is 0 Å². The molecular weight excluding hydrogens is 306 g/mol. The molecule has 1 saturated heterocycles. The van der Waals surface area contributed by atoms with E-state index in [1.165, 1.54) is 6.39 Å². The summed E-state index contributed by atoms with van der Waals surface area (Å²) in [5.41, 5.74) is 1.95. The third-order valence-corrected chi connectivity index (χ3v) is 4.79. The second-order valence-electron chi connectivity index (χ2n) is 6.17. The molecule has 2 amide bonds. The molecule has 24 heavy (non-hydrogen) atoms. The Morgan fingerprint density at radius 1 is 1.12 bits per heavy atom. The molecule has 0 N–H and O–H groups in total. The van der Waals surface area contributed by atoms with Gasteiger partial charge in [-0.25, -0.2) is 4.98 Å². The highest BCUT2D eigenvalue weighted by molar-refractivity contribution is 5.97. The highest BCUT2D eigenvalue weighted by Gasteiger charge is 2.27. The summed E-state index contributed by atoms with van der Waals surface area (Å²) in [6.45, 7) is 6.44. The summed E-state index contributed by atoms with van der Waals surface area (Å²) in [5, 5.41) is 0. The molecule has 0 unspecified atom stereocenters. The van der Waals surface area contributed by atoms with Crippen LogP contribution < -0.4 is 0 Å². The van der Waals surface area contributed by atoms with Crippen LogP contribution in [-0.4, -0.2) is 52.8 Å². The SMILES string of the molecule is CCC(CC)C(=O)N1CCN(C(=O)c2ccc3ncoc3c2)CC1. The summed E-state index contributed by atoms with van der Waals surface area (Å²) in [6, 6.07) is 5.29. The number of fused-ring (bicyclic) bond motifs is 1. The Hall–Kier alpha value is -2.37. The highest BCUT2D eigenvalue weighted by atomic mass is 16.3. The number of carbonyl (C=O) groups is 2. The Kier molecular flexibility index (Phi) is 4.83. The van der Waals surface area contributed by atoms with Gasteiger partial charge in [0.2, 0.25) is 5.91 Å². The first-order valence-electron chi connectivity index (χ1n) is 8.55. The van der Waals surface area contributed by atoms with Crippen molar-refractivity contribution < 1.29 is 14.0 Å². The lowest BCUT2D eigenvalue weighted by Crippen LogP contribution is -2.51. The van der Waals surface area contributed by atoms with E-state index in [4.69, 9.17) is 4.42 Å². The van der Waals surface area contributed by atoms with Gasteiger partial charge in [-0.1, -0.05) is 13.8 Å². The molecule has 0 radical (unpaired) electrons. The lowest BCUT2D eigenvalue weighted by atomic mass is 10.0. The van der Waals surface area contributed by atoms with E-state index in [9.17, 15) is 9.59 Å². The quantitative estimate of drug-likeness (QED) is 0.864. The van der Waals surface area contributed by atoms with Gasteiger partial charge in [-0.15, -0.1) is 0 Å². The molecule has 3 rings (SSSR count). The minimum atomic E-state index is -0.0251. The normalized spacial score (nSPS) is 15.3. The Balaban J connectivity index is 1.63. The van der Waals surface area contributed by atoms with Gasteiger partial charge in [-0.05, 0) is 31.0 Å². The van der Waals surface area contributed by atoms with Gasteiger partial charge in [0, 0.05) is 37.7 Å². The zero-order chi connectivity index (χ0) is 17.1. The summed E-state index contributed by atoms with van der Waals surface area (Å²) in [4.78, 5) is 32.8. The molecule has 0 saturated carbocycles. The minimum Gasteiger partial charge on any atom is -0.443 e. The molecule has 2 heterocycles. The summed E-state index contributed by atoms with van der Waals surface area (Å²) >= 11 is 0. The summed E-state index contributed by atoms with van der Waals surface area (Å²) in [6.07, 6.45) is 3.11. The zero-order valence-electron chi connectivity index (χ0n) is 14.2. The minimum absolute atomic E-state index is 0.0251. The molecule has 0 bridgehead atoms. The summed E-state index contributed by atoms with van der Waals surface area (Å²) < 4.78 is 5.26. The number of hydrogen-bond donors (Lipinski definition) is 0. The van der Waals surface area contributed by atoms with Gasteiger partial charge in [-0.2, -0.15) is 0 Å². The Labute approximate surface area is 141 Å². The number of rotatable bonds is 4. The first-order chi connectivity index (χ1) is 11.6. The fourth-order valence-electron chi connectivity index (χ4n) is 3.20. The lowest BCUT2D eigenvalue weighted by Gasteiger charge is -2.36. The largest absolute Gasteiger partial charge is 0.443 e. The number of carbonyl (C=O) groups excluding carboxylic acids is 2. The van der Waals surface area contributed by atoms with Gasteiger partial charge in [0.1, 0.15) is 5.52 Å². The number of oxazole rings is 1. The average molecular weight is 329 g/mol. The number of benzene rings is 1. The monoisotopic (exact) mass is 329 g/mol. The maximum Gasteiger partial charge on any atom is 0.254 e. The Morgan fingerprint density at radius 3 is 2.46 bits per heavy atom. The molecule has 1 aromatic carbocycles. The van der Waals surface area contributed by atoms with Crippen LogP contribution in [0.1, 0.15) is 37.0 Å². The van der Waals surface area contributed by atoms with Crippen LogP contribution in [0.5, 0.6) is 0 Å². The van der Waals surface area contributed by atoms with Crippen LogP contribution in [0.25, 0.3) is 11.1 Å². The van der Waals surface area contributed by atoms with Crippen molar-refractivity contribution >= 4 is 22.9 Å². The van der Waals surface area contributed by atoms with Crippen LogP contribution >= 0.6 is 0 Å². The van der Waals surface area contributed by atoms with E-state index in [0.29, 0.717) is 37.3 Å². The molecule has 6 nitrogen and oxygen atoms in total. The first-order valence-corrected chi connectivity index (χ1v) is 8.55. The Morgan fingerprint density at radius 2 is 1.79 bits per heavy atom. The van der Waals surface area contributed by atoms with Crippen LogP contribution in [-0.2, 0) is 4.79 Å².